The molecule has 0 bridgehead atoms. The normalized spacial score (nSPS) is 15.1. The zero-order valence-electron chi connectivity index (χ0n) is 18.0. The number of halogens is 3. The lowest BCUT2D eigenvalue weighted by molar-refractivity contribution is -0.142. The molecular weight excluding hydrogens is 471 g/mol. The third kappa shape index (κ3) is 7.03. The average molecular weight is 498 g/mol. The zero-order chi connectivity index (χ0) is 23.1. The summed E-state index contributed by atoms with van der Waals surface area (Å²) in [5.74, 6) is -0.0324. The molecule has 0 aliphatic heterocycles. The molecule has 1 aliphatic carbocycles. The molecular formula is C24H27Cl3N2O3. The Morgan fingerprint density at radius 2 is 1.78 bits per heavy atom. The third-order valence-electron chi connectivity index (χ3n) is 5.63. The van der Waals surface area contributed by atoms with Crippen LogP contribution in [0.15, 0.2) is 42.5 Å². The monoisotopic (exact) mass is 496 g/mol. The topological polar surface area (TPSA) is 58.6 Å². The van der Waals surface area contributed by atoms with Gasteiger partial charge >= 0.3 is 0 Å². The molecule has 0 aromatic heterocycles. The van der Waals surface area contributed by atoms with Gasteiger partial charge in [-0.3, -0.25) is 9.59 Å². The van der Waals surface area contributed by atoms with Crippen molar-refractivity contribution in [1.82, 2.24) is 10.2 Å². The summed E-state index contributed by atoms with van der Waals surface area (Å²) in [6.07, 6.45) is 5.34. The highest BCUT2D eigenvalue weighted by atomic mass is 35.5. The van der Waals surface area contributed by atoms with Gasteiger partial charge in [-0.15, -0.1) is 0 Å². The molecule has 1 saturated carbocycles. The van der Waals surface area contributed by atoms with Gasteiger partial charge in [0.2, 0.25) is 5.91 Å². The van der Waals surface area contributed by atoms with Crippen LogP contribution in [0.1, 0.15) is 44.6 Å². The Bertz CT molecular complexity index is 948. The number of carbonyl (C=O) groups is 2. The first-order valence-electron chi connectivity index (χ1n) is 10.8. The van der Waals surface area contributed by atoms with Gasteiger partial charge in [0.05, 0.1) is 0 Å². The largest absolute Gasteiger partial charge is 0.484 e. The number of carbonyl (C=O) groups excluding carboxylic acids is 2. The van der Waals surface area contributed by atoms with Crippen molar-refractivity contribution in [3.8, 4) is 5.75 Å². The summed E-state index contributed by atoms with van der Waals surface area (Å²) in [5.41, 5.74) is 0.699. The first-order chi connectivity index (χ1) is 15.3. The molecule has 0 spiro atoms. The van der Waals surface area contributed by atoms with Crippen LogP contribution in [0.5, 0.6) is 5.75 Å². The van der Waals surface area contributed by atoms with E-state index in [9.17, 15) is 9.59 Å². The Labute approximate surface area is 204 Å². The van der Waals surface area contributed by atoms with Crippen molar-refractivity contribution in [3.63, 3.8) is 0 Å². The summed E-state index contributed by atoms with van der Waals surface area (Å²) in [6, 6.07) is 11.4. The minimum Gasteiger partial charge on any atom is -0.484 e. The molecule has 0 heterocycles. The van der Waals surface area contributed by atoms with Gasteiger partial charge in [-0.05, 0) is 55.7 Å². The molecule has 0 saturated heterocycles. The van der Waals surface area contributed by atoms with Crippen LogP contribution in [0.4, 0.5) is 0 Å². The molecule has 3 rings (SSSR count). The van der Waals surface area contributed by atoms with E-state index in [-0.39, 0.29) is 31.0 Å². The average Bonchev–Trinajstić information content (AvgIpc) is 2.77. The van der Waals surface area contributed by atoms with E-state index in [0.717, 1.165) is 25.7 Å². The van der Waals surface area contributed by atoms with E-state index in [1.807, 2.05) is 0 Å². The smallest absolute Gasteiger partial charge is 0.261 e. The molecule has 1 aliphatic rings. The number of amides is 2. The molecule has 0 radical (unpaired) electrons. The molecule has 0 unspecified atom stereocenters. The number of hydrogen-bond donors (Lipinski definition) is 1. The molecule has 172 valence electrons. The predicted molar refractivity (Wildman–Crippen MR) is 128 cm³/mol. The summed E-state index contributed by atoms with van der Waals surface area (Å²) < 4.78 is 5.64. The number of hydrogen-bond acceptors (Lipinski definition) is 3. The van der Waals surface area contributed by atoms with Crippen LogP contribution >= 0.6 is 34.8 Å². The van der Waals surface area contributed by atoms with Crippen LogP contribution in [-0.4, -0.2) is 35.4 Å². The van der Waals surface area contributed by atoms with Crippen molar-refractivity contribution in [2.24, 2.45) is 0 Å². The number of benzene rings is 2. The summed E-state index contributed by atoms with van der Waals surface area (Å²) >= 11 is 18.3. The third-order valence-corrected chi connectivity index (χ3v) is 6.46. The molecule has 32 heavy (non-hydrogen) atoms. The molecule has 8 heteroatoms. The van der Waals surface area contributed by atoms with Gasteiger partial charge in [-0.2, -0.15) is 0 Å². The van der Waals surface area contributed by atoms with E-state index in [2.05, 4.69) is 5.32 Å². The van der Waals surface area contributed by atoms with Crippen molar-refractivity contribution in [2.45, 2.75) is 57.7 Å². The quantitative estimate of drug-likeness (QED) is 0.494. The first-order valence-corrected chi connectivity index (χ1v) is 11.9. The van der Waals surface area contributed by atoms with Gasteiger partial charge in [0.1, 0.15) is 11.8 Å². The molecule has 2 amide bonds. The minimum atomic E-state index is -0.695. The molecule has 1 atom stereocenters. The van der Waals surface area contributed by atoms with E-state index in [4.69, 9.17) is 39.5 Å². The highest BCUT2D eigenvalue weighted by Gasteiger charge is 2.29. The minimum absolute atomic E-state index is 0.150. The van der Waals surface area contributed by atoms with Gasteiger partial charge < -0.3 is 15.0 Å². The van der Waals surface area contributed by atoms with Crippen molar-refractivity contribution in [1.29, 1.82) is 0 Å². The Kier molecular flexibility index (Phi) is 9.09. The van der Waals surface area contributed by atoms with Gasteiger partial charge in [0.15, 0.2) is 6.61 Å². The maximum Gasteiger partial charge on any atom is 0.261 e. The van der Waals surface area contributed by atoms with Crippen LogP contribution in [0.25, 0.3) is 0 Å². The lowest BCUT2D eigenvalue weighted by Gasteiger charge is -2.31. The van der Waals surface area contributed by atoms with E-state index in [1.54, 1.807) is 49.4 Å². The second-order valence-electron chi connectivity index (χ2n) is 8.02. The fourth-order valence-corrected chi connectivity index (χ4v) is 4.42. The summed E-state index contributed by atoms with van der Waals surface area (Å²) in [4.78, 5) is 27.6. The number of ether oxygens (including phenoxy) is 1. The highest BCUT2D eigenvalue weighted by Crippen LogP contribution is 2.24. The summed E-state index contributed by atoms with van der Waals surface area (Å²) in [6.45, 7) is 1.65. The predicted octanol–water partition coefficient (Wildman–Crippen LogP) is 5.89. The molecule has 1 N–H and O–H groups in total. The fourth-order valence-electron chi connectivity index (χ4n) is 3.77. The standard InChI is InChI=1S/C24H27Cl3N2O3/c1-16(24(31)28-20-7-3-2-4-8-20)29(14-17-10-11-19(26)13-22(17)27)23(30)15-32-21-9-5-6-18(25)12-21/h5-6,9-13,16,20H,2-4,7-8,14-15H2,1H3,(H,28,31)/t16-/m0/s1. The van der Waals surface area contributed by atoms with Gasteiger partial charge in [-0.25, -0.2) is 0 Å². The van der Waals surface area contributed by atoms with Crippen molar-refractivity contribution in [2.75, 3.05) is 6.61 Å². The second kappa shape index (κ2) is 11.8. The van der Waals surface area contributed by atoms with Crippen molar-refractivity contribution in [3.05, 3.63) is 63.1 Å². The number of nitrogens with one attached hydrogen (secondary N) is 1. The Hall–Kier alpha value is -1.95. The van der Waals surface area contributed by atoms with E-state index in [1.165, 1.54) is 11.3 Å². The van der Waals surface area contributed by atoms with Crippen LogP contribution in [-0.2, 0) is 16.1 Å². The molecule has 2 aromatic rings. The summed E-state index contributed by atoms with van der Waals surface area (Å²) in [5, 5.41) is 4.55. The van der Waals surface area contributed by atoms with Crippen LogP contribution < -0.4 is 10.1 Å². The lowest BCUT2D eigenvalue weighted by Crippen LogP contribution is -2.51. The first kappa shape index (κ1) is 24.7. The Balaban J connectivity index is 1.74. The van der Waals surface area contributed by atoms with Crippen molar-refractivity contribution < 1.29 is 14.3 Å². The van der Waals surface area contributed by atoms with E-state index < -0.39 is 6.04 Å². The van der Waals surface area contributed by atoms with Gasteiger partial charge in [-0.1, -0.05) is 66.2 Å². The van der Waals surface area contributed by atoms with E-state index in [0.29, 0.717) is 26.4 Å². The molecule has 5 nitrogen and oxygen atoms in total. The van der Waals surface area contributed by atoms with E-state index >= 15 is 0 Å². The maximum atomic E-state index is 13.1. The maximum absolute atomic E-state index is 13.1. The van der Waals surface area contributed by atoms with Crippen LogP contribution in [0, 0.1) is 0 Å². The van der Waals surface area contributed by atoms with Crippen LogP contribution in [0.3, 0.4) is 0 Å². The zero-order valence-corrected chi connectivity index (χ0v) is 20.2. The van der Waals surface area contributed by atoms with Crippen molar-refractivity contribution >= 4 is 46.6 Å². The summed E-state index contributed by atoms with van der Waals surface area (Å²) in [7, 11) is 0. The fraction of sp³-hybridized carbons (Fsp3) is 0.417. The number of rotatable bonds is 8. The highest BCUT2D eigenvalue weighted by molar-refractivity contribution is 6.35. The second-order valence-corrected chi connectivity index (χ2v) is 9.30. The SMILES string of the molecule is C[C@@H](C(=O)NC1CCCCC1)N(Cc1ccc(Cl)cc1Cl)C(=O)COc1cccc(Cl)c1. The molecule has 2 aromatic carbocycles. The molecule has 1 fully saturated rings. The Morgan fingerprint density at radius 1 is 1.06 bits per heavy atom. The van der Waals surface area contributed by atoms with Gasteiger partial charge in [0.25, 0.3) is 5.91 Å². The number of nitrogens with zero attached hydrogens (tertiary/aromatic N) is 1. The Morgan fingerprint density at radius 3 is 2.47 bits per heavy atom. The van der Waals surface area contributed by atoms with Crippen LogP contribution in [0.2, 0.25) is 15.1 Å². The van der Waals surface area contributed by atoms with Gasteiger partial charge in [0, 0.05) is 27.7 Å². The lowest BCUT2D eigenvalue weighted by atomic mass is 9.95.